The fourth-order valence-corrected chi connectivity index (χ4v) is 3.42. The van der Waals surface area contributed by atoms with Gasteiger partial charge in [-0.1, -0.05) is 0 Å². The van der Waals surface area contributed by atoms with Gasteiger partial charge in [-0.3, -0.25) is 19.9 Å². The predicted molar refractivity (Wildman–Crippen MR) is 106 cm³/mol. The van der Waals surface area contributed by atoms with E-state index < -0.39 is 0 Å². The summed E-state index contributed by atoms with van der Waals surface area (Å²) in [7, 11) is 0. The lowest BCUT2D eigenvalue weighted by Crippen LogP contribution is -2.41. The van der Waals surface area contributed by atoms with Crippen molar-refractivity contribution in [2.24, 2.45) is 0 Å². The number of ether oxygens (including phenoxy) is 1. The summed E-state index contributed by atoms with van der Waals surface area (Å²) in [6, 6.07) is 11.5. The van der Waals surface area contributed by atoms with Gasteiger partial charge >= 0.3 is 0 Å². The van der Waals surface area contributed by atoms with Crippen LogP contribution in [0.4, 0.5) is 11.5 Å². The van der Waals surface area contributed by atoms with E-state index in [0.717, 1.165) is 27.5 Å². The Balaban J connectivity index is 1.47. The van der Waals surface area contributed by atoms with Gasteiger partial charge in [-0.15, -0.1) is 0 Å². The van der Waals surface area contributed by atoms with Crippen LogP contribution in [0.3, 0.4) is 0 Å². The number of nitrogens with zero attached hydrogens (tertiary/aromatic N) is 4. The SMILES string of the molecule is O=C(c1nccc2cc(Nc3n[nH]c4cccnc34)ccc12)N1CCOCC1. The van der Waals surface area contributed by atoms with Gasteiger partial charge in [0.2, 0.25) is 0 Å². The molecule has 0 aliphatic carbocycles. The molecule has 0 saturated carbocycles. The van der Waals surface area contributed by atoms with Crippen LogP contribution in [0, 0.1) is 0 Å². The predicted octanol–water partition coefficient (Wildman–Crippen LogP) is 2.72. The number of carbonyl (C=O) groups excluding carboxylic acids is 1. The molecule has 1 saturated heterocycles. The summed E-state index contributed by atoms with van der Waals surface area (Å²) in [6.45, 7) is 2.32. The summed E-state index contributed by atoms with van der Waals surface area (Å²) in [5, 5.41) is 12.3. The first kappa shape index (κ1) is 16.6. The van der Waals surface area contributed by atoms with Crippen LogP contribution >= 0.6 is 0 Å². The average molecular weight is 374 g/mol. The van der Waals surface area contributed by atoms with E-state index in [1.54, 1.807) is 17.3 Å². The molecule has 0 bridgehead atoms. The molecule has 8 heteroatoms. The first-order chi connectivity index (χ1) is 13.8. The second-order valence-electron chi connectivity index (χ2n) is 6.60. The van der Waals surface area contributed by atoms with Gasteiger partial charge in [-0.25, -0.2) is 0 Å². The molecule has 0 unspecified atom stereocenters. The average Bonchev–Trinajstić information content (AvgIpc) is 3.16. The van der Waals surface area contributed by atoms with Crippen LogP contribution in [-0.2, 0) is 4.74 Å². The maximum Gasteiger partial charge on any atom is 0.273 e. The Morgan fingerprint density at radius 2 is 2.00 bits per heavy atom. The maximum absolute atomic E-state index is 12.9. The van der Waals surface area contributed by atoms with E-state index in [4.69, 9.17) is 4.74 Å². The number of morpholine rings is 1. The number of anilines is 2. The Hall–Kier alpha value is -3.52. The molecular weight excluding hydrogens is 356 g/mol. The number of carbonyl (C=O) groups is 1. The smallest absolute Gasteiger partial charge is 0.273 e. The monoisotopic (exact) mass is 374 g/mol. The zero-order valence-electron chi connectivity index (χ0n) is 15.1. The molecule has 1 aromatic carbocycles. The zero-order valence-corrected chi connectivity index (χ0v) is 15.1. The Kier molecular flexibility index (Phi) is 4.10. The number of hydrogen-bond acceptors (Lipinski definition) is 6. The Labute approximate surface area is 160 Å². The van der Waals surface area contributed by atoms with Crippen molar-refractivity contribution < 1.29 is 9.53 Å². The van der Waals surface area contributed by atoms with E-state index in [1.165, 1.54) is 0 Å². The molecule has 1 fully saturated rings. The van der Waals surface area contributed by atoms with Crippen molar-refractivity contribution in [3.63, 3.8) is 0 Å². The third-order valence-corrected chi connectivity index (χ3v) is 4.85. The second-order valence-corrected chi connectivity index (χ2v) is 6.60. The number of H-pyrrole nitrogens is 1. The molecule has 0 atom stereocenters. The van der Waals surface area contributed by atoms with E-state index >= 15 is 0 Å². The lowest BCUT2D eigenvalue weighted by atomic mass is 10.1. The Morgan fingerprint density at radius 1 is 1.11 bits per heavy atom. The minimum absolute atomic E-state index is 0.0582. The highest BCUT2D eigenvalue weighted by Crippen LogP contribution is 2.26. The van der Waals surface area contributed by atoms with Crippen LogP contribution in [0.25, 0.3) is 21.8 Å². The normalized spacial score (nSPS) is 14.5. The van der Waals surface area contributed by atoms with Crippen molar-refractivity contribution in [3.8, 4) is 0 Å². The largest absolute Gasteiger partial charge is 0.378 e. The molecule has 1 aliphatic heterocycles. The van der Waals surface area contributed by atoms with Gasteiger partial charge in [0.15, 0.2) is 5.82 Å². The summed E-state index contributed by atoms with van der Waals surface area (Å²) >= 11 is 0. The van der Waals surface area contributed by atoms with E-state index in [9.17, 15) is 4.79 Å². The highest BCUT2D eigenvalue weighted by Gasteiger charge is 2.21. The number of nitrogens with one attached hydrogen (secondary N) is 2. The van der Waals surface area contributed by atoms with Crippen molar-refractivity contribution in [1.29, 1.82) is 0 Å². The van der Waals surface area contributed by atoms with Crippen LogP contribution < -0.4 is 5.32 Å². The molecule has 8 nitrogen and oxygen atoms in total. The van der Waals surface area contributed by atoms with Crippen LogP contribution in [0.2, 0.25) is 0 Å². The number of benzene rings is 1. The number of pyridine rings is 2. The van der Waals surface area contributed by atoms with Gasteiger partial charge in [-0.2, -0.15) is 5.10 Å². The van der Waals surface area contributed by atoms with E-state index in [-0.39, 0.29) is 5.91 Å². The van der Waals surface area contributed by atoms with Crippen molar-refractivity contribution >= 4 is 39.2 Å². The molecule has 28 heavy (non-hydrogen) atoms. The molecule has 4 heterocycles. The topological polar surface area (TPSA) is 96.0 Å². The molecule has 1 amide bonds. The molecule has 1 aliphatic rings. The van der Waals surface area contributed by atoms with Gasteiger partial charge < -0.3 is 15.0 Å². The Morgan fingerprint density at radius 3 is 2.89 bits per heavy atom. The minimum Gasteiger partial charge on any atom is -0.378 e. The molecule has 5 rings (SSSR count). The number of rotatable bonds is 3. The lowest BCUT2D eigenvalue weighted by molar-refractivity contribution is 0.0300. The number of aromatic amines is 1. The molecule has 3 aromatic heterocycles. The second kappa shape index (κ2) is 6.90. The molecule has 0 spiro atoms. The highest BCUT2D eigenvalue weighted by molar-refractivity contribution is 6.06. The molecule has 2 N–H and O–H groups in total. The number of fused-ring (bicyclic) bond motifs is 2. The molecule has 0 radical (unpaired) electrons. The third-order valence-electron chi connectivity index (χ3n) is 4.85. The van der Waals surface area contributed by atoms with Gasteiger partial charge in [0.05, 0.1) is 18.7 Å². The summed E-state index contributed by atoms with van der Waals surface area (Å²) < 4.78 is 5.33. The summed E-state index contributed by atoms with van der Waals surface area (Å²) in [6.07, 6.45) is 3.41. The molecular formula is C20H18N6O2. The maximum atomic E-state index is 12.9. The summed E-state index contributed by atoms with van der Waals surface area (Å²) in [5.74, 6) is 0.603. The zero-order chi connectivity index (χ0) is 18.9. The fourth-order valence-electron chi connectivity index (χ4n) is 3.42. The van der Waals surface area contributed by atoms with Gasteiger partial charge in [0.25, 0.3) is 5.91 Å². The third kappa shape index (κ3) is 2.93. The number of aromatic nitrogens is 4. The first-order valence-electron chi connectivity index (χ1n) is 9.11. The van der Waals surface area contributed by atoms with Gasteiger partial charge in [0.1, 0.15) is 11.2 Å². The minimum atomic E-state index is -0.0582. The molecule has 140 valence electrons. The van der Waals surface area contributed by atoms with Gasteiger partial charge in [-0.05, 0) is 41.8 Å². The standard InChI is InChI=1S/C20H18N6O2/c27-20(26-8-10-28-11-9-26)17-15-4-3-14(12-13(15)5-7-22-17)23-19-18-16(24-25-19)2-1-6-21-18/h1-7,12H,8-11H2,(H2,23,24,25). The van der Waals surface area contributed by atoms with E-state index in [2.05, 4.69) is 25.5 Å². The number of hydrogen-bond donors (Lipinski definition) is 2. The lowest BCUT2D eigenvalue weighted by Gasteiger charge is -2.26. The Bertz CT molecular complexity index is 1170. The van der Waals surface area contributed by atoms with Crippen molar-refractivity contribution in [2.45, 2.75) is 0 Å². The van der Waals surface area contributed by atoms with Crippen LogP contribution in [0.15, 0.2) is 48.8 Å². The first-order valence-corrected chi connectivity index (χ1v) is 9.11. The quantitative estimate of drug-likeness (QED) is 0.572. The van der Waals surface area contributed by atoms with E-state index in [1.807, 2.05) is 36.4 Å². The number of amides is 1. The van der Waals surface area contributed by atoms with Crippen molar-refractivity contribution in [2.75, 3.05) is 31.6 Å². The van der Waals surface area contributed by atoms with Crippen LogP contribution in [0.5, 0.6) is 0 Å². The van der Waals surface area contributed by atoms with Gasteiger partial charge in [0, 0.05) is 36.6 Å². The van der Waals surface area contributed by atoms with Crippen molar-refractivity contribution in [1.82, 2.24) is 25.1 Å². The summed E-state index contributed by atoms with van der Waals surface area (Å²) in [5.41, 5.74) is 2.98. The van der Waals surface area contributed by atoms with Crippen LogP contribution in [-0.4, -0.2) is 57.3 Å². The van der Waals surface area contributed by atoms with E-state index in [0.29, 0.717) is 37.8 Å². The molecule has 4 aromatic rings. The highest BCUT2D eigenvalue weighted by atomic mass is 16.5. The van der Waals surface area contributed by atoms with Crippen LogP contribution in [0.1, 0.15) is 10.5 Å². The fraction of sp³-hybridized carbons (Fsp3) is 0.200. The van der Waals surface area contributed by atoms with Crippen molar-refractivity contribution in [3.05, 3.63) is 54.5 Å². The summed E-state index contributed by atoms with van der Waals surface area (Å²) in [4.78, 5) is 23.4.